The molecule has 90 valence electrons. The molecule has 1 amide bonds. The fourth-order valence-corrected chi connectivity index (χ4v) is 1.63. The largest absolute Gasteiger partial charge is 0.304 e. The summed E-state index contributed by atoms with van der Waals surface area (Å²) in [7, 11) is 0. The Kier molecular flexibility index (Phi) is 2.93. The summed E-state index contributed by atoms with van der Waals surface area (Å²) in [6.45, 7) is 6.21. The summed E-state index contributed by atoms with van der Waals surface area (Å²) in [5.74, 6) is 0.264. The van der Waals surface area contributed by atoms with Gasteiger partial charge in [-0.3, -0.25) is 9.89 Å². The number of aromatic nitrogens is 4. The minimum atomic E-state index is -0.244. The highest BCUT2D eigenvalue weighted by molar-refractivity contribution is 7.07. The lowest BCUT2D eigenvalue weighted by atomic mass is 9.92. The van der Waals surface area contributed by atoms with Crippen LogP contribution in [0, 0.1) is 0 Å². The van der Waals surface area contributed by atoms with Gasteiger partial charge in [0, 0.05) is 17.2 Å². The minimum absolute atomic E-state index is 0.0258. The first-order chi connectivity index (χ1) is 7.97. The highest BCUT2D eigenvalue weighted by Gasteiger charge is 2.18. The standard InChI is InChI=1S/C10H13N5OS/c1-10(2,3)7-4-8(14-13-7)12-9(16)6-5-11-15-17-6/h4-5H,1-3H3,(H2,12,13,14,16). The summed E-state index contributed by atoms with van der Waals surface area (Å²) in [5, 5.41) is 13.2. The average molecular weight is 251 g/mol. The van der Waals surface area contributed by atoms with Crippen LogP contribution in [0.2, 0.25) is 0 Å². The fourth-order valence-electron chi connectivity index (χ4n) is 1.22. The van der Waals surface area contributed by atoms with E-state index in [0.717, 1.165) is 17.2 Å². The lowest BCUT2D eigenvalue weighted by molar-refractivity contribution is 0.103. The van der Waals surface area contributed by atoms with Crippen molar-refractivity contribution >= 4 is 23.3 Å². The van der Waals surface area contributed by atoms with Crippen LogP contribution in [-0.4, -0.2) is 25.7 Å². The number of H-pyrrole nitrogens is 1. The molecule has 0 aliphatic carbocycles. The number of nitrogens with one attached hydrogen (secondary N) is 2. The van der Waals surface area contributed by atoms with Gasteiger partial charge in [-0.2, -0.15) is 5.10 Å². The number of hydrogen-bond acceptors (Lipinski definition) is 5. The normalized spacial score (nSPS) is 11.5. The van der Waals surface area contributed by atoms with Gasteiger partial charge in [-0.25, -0.2) is 0 Å². The maximum atomic E-state index is 11.7. The lowest BCUT2D eigenvalue weighted by Gasteiger charge is -2.14. The Labute approximate surface area is 103 Å². The van der Waals surface area contributed by atoms with Crippen LogP contribution in [0.5, 0.6) is 0 Å². The van der Waals surface area contributed by atoms with Gasteiger partial charge in [0.2, 0.25) is 0 Å². The molecule has 0 saturated carbocycles. The molecule has 0 aromatic carbocycles. The molecule has 0 atom stereocenters. The van der Waals surface area contributed by atoms with Crippen LogP contribution in [-0.2, 0) is 5.41 Å². The molecule has 0 aliphatic rings. The molecule has 7 heteroatoms. The quantitative estimate of drug-likeness (QED) is 0.852. The number of hydrogen-bond donors (Lipinski definition) is 2. The zero-order valence-electron chi connectivity index (χ0n) is 9.81. The summed E-state index contributed by atoms with van der Waals surface area (Å²) in [6.07, 6.45) is 1.43. The molecular formula is C10H13N5OS. The van der Waals surface area contributed by atoms with Crippen LogP contribution in [0.1, 0.15) is 36.1 Å². The Morgan fingerprint density at radius 1 is 1.47 bits per heavy atom. The molecule has 0 radical (unpaired) electrons. The Hall–Kier alpha value is -1.76. The number of amides is 1. The van der Waals surface area contributed by atoms with Crippen molar-refractivity contribution in [1.82, 2.24) is 19.8 Å². The molecule has 2 aromatic rings. The topological polar surface area (TPSA) is 83.6 Å². The number of nitrogens with zero attached hydrogens (tertiary/aromatic N) is 3. The molecule has 0 bridgehead atoms. The summed E-state index contributed by atoms with van der Waals surface area (Å²) < 4.78 is 3.63. The van der Waals surface area contributed by atoms with Crippen LogP contribution in [0.3, 0.4) is 0 Å². The molecular weight excluding hydrogens is 238 g/mol. The third-order valence-electron chi connectivity index (χ3n) is 2.21. The number of carbonyl (C=O) groups excluding carboxylic acids is 1. The average Bonchev–Trinajstić information content (AvgIpc) is 2.85. The van der Waals surface area contributed by atoms with E-state index < -0.39 is 0 Å². The molecule has 0 spiro atoms. The lowest BCUT2D eigenvalue weighted by Crippen LogP contribution is -2.11. The van der Waals surface area contributed by atoms with Gasteiger partial charge in [0.25, 0.3) is 5.91 Å². The maximum absolute atomic E-state index is 11.7. The Morgan fingerprint density at radius 3 is 2.76 bits per heavy atom. The smallest absolute Gasteiger partial charge is 0.270 e. The van der Waals surface area contributed by atoms with Gasteiger partial charge in [-0.15, -0.1) is 5.10 Å². The van der Waals surface area contributed by atoms with E-state index in [9.17, 15) is 4.79 Å². The first kappa shape index (κ1) is 11.7. The van der Waals surface area contributed by atoms with E-state index in [0.29, 0.717) is 10.7 Å². The molecule has 0 unspecified atom stereocenters. The van der Waals surface area contributed by atoms with Crippen LogP contribution in [0.15, 0.2) is 12.3 Å². The summed E-state index contributed by atoms with van der Waals surface area (Å²) in [5.41, 5.74) is 0.942. The van der Waals surface area contributed by atoms with E-state index >= 15 is 0 Å². The molecule has 0 fully saturated rings. The molecule has 6 nitrogen and oxygen atoms in total. The van der Waals surface area contributed by atoms with Crippen molar-refractivity contribution < 1.29 is 4.79 Å². The van der Waals surface area contributed by atoms with Crippen LogP contribution in [0.25, 0.3) is 0 Å². The summed E-state index contributed by atoms with van der Waals surface area (Å²) >= 11 is 1.05. The molecule has 2 rings (SSSR count). The number of rotatable bonds is 2. The van der Waals surface area contributed by atoms with E-state index in [4.69, 9.17) is 0 Å². The maximum Gasteiger partial charge on any atom is 0.270 e. The number of aromatic amines is 1. The predicted octanol–water partition coefficient (Wildman–Crippen LogP) is 1.81. The third kappa shape index (κ3) is 2.68. The van der Waals surface area contributed by atoms with Gasteiger partial charge >= 0.3 is 0 Å². The minimum Gasteiger partial charge on any atom is -0.304 e. The Bertz CT molecular complexity index is 511. The van der Waals surface area contributed by atoms with Crippen molar-refractivity contribution in [3.05, 3.63) is 22.8 Å². The van der Waals surface area contributed by atoms with Gasteiger partial charge in [0.1, 0.15) is 4.88 Å². The molecule has 0 saturated heterocycles. The first-order valence-electron chi connectivity index (χ1n) is 5.11. The van der Waals surface area contributed by atoms with Gasteiger partial charge in [0.15, 0.2) is 5.82 Å². The van der Waals surface area contributed by atoms with Crippen LogP contribution in [0.4, 0.5) is 5.82 Å². The van der Waals surface area contributed by atoms with Gasteiger partial charge in [-0.05, 0) is 11.5 Å². The highest BCUT2D eigenvalue weighted by Crippen LogP contribution is 2.22. The summed E-state index contributed by atoms with van der Waals surface area (Å²) in [4.78, 5) is 12.2. The van der Waals surface area contributed by atoms with Gasteiger partial charge in [0.05, 0.1) is 6.20 Å². The van der Waals surface area contributed by atoms with Gasteiger partial charge < -0.3 is 5.32 Å². The molecule has 2 heterocycles. The Balaban J connectivity index is 2.10. The van der Waals surface area contributed by atoms with E-state index in [2.05, 4.69) is 45.9 Å². The number of carbonyl (C=O) groups is 1. The van der Waals surface area contributed by atoms with E-state index in [1.165, 1.54) is 6.20 Å². The van der Waals surface area contributed by atoms with E-state index in [1.54, 1.807) is 0 Å². The highest BCUT2D eigenvalue weighted by atomic mass is 32.1. The monoisotopic (exact) mass is 251 g/mol. The predicted molar refractivity (Wildman–Crippen MR) is 65.1 cm³/mol. The second kappa shape index (κ2) is 4.25. The second-order valence-corrected chi connectivity index (χ2v) is 5.44. The molecule has 2 aromatic heterocycles. The number of anilines is 1. The first-order valence-corrected chi connectivity index (χ1v) is 5.89. The SMILES string of the molecule is CC(C)(C)c1cc(NC(=O)c2cnns2)n[nH]1. The zero-order valence-corrected chi connectivity index (χ0v) is 10.6. The van der Waals surface area contributed by atoms with Crippen molar-refractivity contribution in [2.45, 2.75) is 26.2 Å². The van der Waals surface area contributed by atoms with Crippen molar-refractivity contribution in [2.24, 2.45) is 0 Å². The van der Waals surface area contributed by atoms with Crippen LogP contribution >= 0.6 is 11.5 Å². The van der Waals surface area contributed by atoms with Crippen molar-refractivity contribution in [2.75, 3.05) is 5.32 Å². The molecule has 0 aliphatic heterocycles. The van der Waals surface area contributed by atoms with Crippen molar-refractivity contribution in [3.63, 3.8) is 0 Å². The van der Waals surface area contributed by atoms with Crippen molar-refractivity contribution in [1.29, 1.82) is 0 Å². The molecule has 17 heavy (non-hydrogen) atoms. The van der Waals surface area contributed by atoms with Crippen LogP contribution < -0.4 is 5.32 Å². The van der Waals surface area contributed by atoms with E-state index in [1.807, 2.05) is 6.07 Å². The third-order valence-corrected chi connectivity index (χ3v) is 2.88. The fraction of sp³-hybridized carbons (Fsp3) is 0.400. The second-order valence-electron chi connectivity index (χ2n) is 4.65. The summed E-state index contributed by atoms with van der Waals surface area (Å²) in [6, 6.07) is 1.83. The van der Waals surface area contributed by atoms with Gasteiger partial charge in [-0.1, -0.05) is 25.3 Å². The zero-order chi connectivity index (χ0) is 12.5. The van der Waals surface area contributed by atoms with E-state index in [-0.39, 0.29) is 11.3 Å². The molecule has 2 N–H and O–H groups in total. The Morgan fingerprint density at radius 2 is 2.24 bits per heavy atom. The van der Waals surface area contributed by atoms with Crippen molar-refractivity contribution in [3.8, 4) is 0 Å².